The van der Waals surface area contributed by atoms with Gasteiger partial charge < -0.3 is 10.2 Å². The minimum absolute atomic E-state index is 0.00621. The van der Waals surface area contributed by atoms with Gasteiger partial charge in [-0.15, -0.1) is 0 Å². The van der Waals surface area contributed by atoms with Crippen LogP contribution in [0.4, 0.5) is 0 Å². The minimum atomic E-state index is -0.00621. The molecule has 2 aliphatic rings. The zero-order valence-electron chi connectivity index (χ0n) is 21.4. The number of unbranched alkanes of at least 4 members (excludes halogenated alkanes) is 3. The average molecular weight is 463 g/mol. The van der Waals surface area contributed by atoms with Crippen LogP contribution < -0.4 is 0 Å². The summed E-state index contributed by atoms with van der Waals surface area (Å²) in [5.74, 6) is 3.48. The van der Waals surface area contributed by atoms with E-state index in [1.165, 1.54) is 94.6 Å². The van der Waals surface area contributed by atoms with E-state index in [-0.39, 0.29) is 5.41 Å². The molecule has 2 aliphatic carbocycles. The smallest absolute Gasteiger partial charge is 0.115 e. The molecule has 0 aromatic heterocycles. The average Bonchev–Trinajstić information content (AvgIpc) is 2.87. The summed E-state index contributed by atoms with van der Waals surface area (Å²) in [6.07, 6.45) is 20.7. The predicted molar refractivity (Wildman–Crippen MR) is 142 cm³/mol. The summed E-state index contributed by atoms with van der Waals surface area (Å²) in [6, 6.07) is 15.7. The number of benzene rings is 2. The van der Waals surface area contributed by atoms with Crippen LogP contribution in [-0.2, 0) is 5.41 Å². The summed E-state index contributed by atoms with van der Waals surface area (Å²) in [6.45, 7) is 2.30. The second-order valence-electron chi connectivity index (χ2n) is 11.4. The van der Waals surface area contributed by atoms with Gasteiger partial charge in [-0.1, -0.05) is 102 Å². The van der Waals surface area contributed by atoms with E-state index in [9.17, 15) is 10.2 Å². The first kappa shape index (κ1) is 25.1. The highest BCUT2D eigenvalue weighted by atomic mass is 16.3. The lowest BCUT2D eigenvalue weighted by atomic mass is 9.62. The zero-order valence-corrected chi connectivity index (χ0v) is 21.4. The highest BCUT2D eigenvalue weighted by molar-refractivity contribution is 5.43. The van der Waals surface area contributed by atoms with Gasteiger partial charge in [-0.3, -0.25) is 0 Å². The van der Waals surface area contributed by atoms with Crippen LogP contribution in [0, 0.1) is 17.8 Å². The Morgan fingerprint density at radius 3 is 1.50 bits per heavy atom. The highest BCUT2D eigenvalue weighted by Gasteiger charge is 2.38. The van der Waals surface area contributed by atoms with Gasteiger partial charge in [0.05, 0.1) is 0 Å². The van der Waals surface area contributed by atoms with Crippen LogP contribution in [0.15, 0.2) is 48.5 Å². The normalized spacial score (nSPS) is 23.1. The molecule has 2 aromatic carbocycles. The lowest BCUT2D eigenvalue weighted by Crippen LogP contribution is -2.33. The van der Waals surface area contributed by atoms with Crippen molar-refractivity contribution in [1.82, 2.24) is 0 Å². The fourth-order valence-corrected chi connectivity index (χ4v) is 6.90. The second kappa shape index (κ2) is 12.1. The van der Waals surface area contributed by atoms with E-state index < -0.39 is 0 Å². The van der Waals surface area contributed by atoms with Crippen LogP contribution in [0.5, 0.6) is 11.5 Å². The molecule has 0 atom stereocenters. The summed E-state index contributed by atoms with van der Waals surface area (Å²) < 4.78 is 0. The first-order chi connectivity index (χ1) is 16.6. The topological polar surface area (TPSA) is 40.5 Å². The number of hydrogen-bond acceptors (Lipinski definition) is 2. The Hall–Kier alpha value is -1.96. The van der Waals surface area contributed by atoms with E-state index in [4.69, 9.17) is 0 Å². The number of rotatable bonds is 10. The third-order valence-electron chi connectivity index (χ3n) is 9.21. The Morgan fingerprint density at radius 2 is 1.03 bits per heavy atom. The number of phenols is 2. The SMILES string of the molecule is CCCCCCC1CCC(CCC2CCC(c3ccc(O)cc3)(c3ccc(O)cc3)CC2)CC1. The van der Waals surface area contributed by atoms with Gasteiger partial charge in [-0.05, 0) is 78.8 Å². The molecule has 2 nitrogen and oxygen atoms in total. The van der Waals surface area contributed by atoms with Crippen molar-refractivity contribution < 1.29 is 10.2 Å². The minimum Gasteiger partial charge on any atom is -0.508 e. The van der Waals surface area contributed by atoms with Gasteiger partial charge in [-0.25, -0.2) is 0 Å². The molecule has 0 unspecified atom stereocenters. The standard InChI is InChI=1S/C32H46O2/c1-2-3-4-5-6-25-7-9-26(10-8-25)11-12-27-21-23-32(24-22-27,28-13-17-30(33)18-14-28)29-15-19-31(34)20-16-29/h13-20,25-27,33-34H,2-12,21-24H2,1H3. The maximum absolute atomic E-state index is 9.83. The van der Waals surface area contributed by atoms with Gasteiger partial charge in [0.15, 0.2) is 0 Å². The molecule has 2 saturated carbocycles. The molecule has 0 saturated heterocycles. The first-order valence-electron chi connectivity index (χ1n) is 14.2. The van der Waals surface area contributed by atoms with Crippen molar-refractivity contribution in [3.63, 3.8) is 0 Å². The van der Waals surface area contributed by atoms with Crippen LogP contribution in [-0.4, -0.2) is 10.2 Å². The number of aromatic hydroxyl groups is 2. The fraction of sp³-hybridized carbons (Fsp3) is 0.625. The van der Waals surface area contributed by atoms with Gasteiger partial charge in [0, 0.05) is 5.41 Å². The van der Waals surface area contributed by atoms with Crippen molar-refractivity contribution in [3.05, 3.63) is 59.7 Å². The van der Waals surface area contributed by atoms with Crippen LogP contribution in [0.1, 0.15) is 114 Å². The molecule has 0 spiro atoms. The molecule has 0 heterocycles. The predicted octanol–water partition coefficient (Wildman–Crippen LogP) is 9.13. The third-order valence-corrected chi connectivity index (χ3v) is 9.21. The summed E-state index contributed by atoms with van der Waals surface area (Å²) in [5.41, 5.74) is 2.59. The van der Waals surface area contributed by atoms with Crippen molar-refractivity contribution in [2.75, 3.05) is 0 Å². The molecule has 2 aromatic rings. The lowest BCUT2D eigenvalue weighted by molar-refractivity contribution is 0.208. The molecule has 2 N–H and O–H groups in total. The van der Waals surface area contributed by atoms with E-state index in [1.807, 2.05) is 24.3 Å². The van der Waals surface area contributed by atoms with Crippen molar-refractivity contribution in [3.8, 4) is 11.5 Å². The largest absolute Gasteiger partial charge is 0.508 e. The van der Waals surface area contributed by atoms with E-state index in [2.05, 4.69) is 31.2 Å². The summed E-state index contributed by atoms with van der Waals surface area (Å²) in [5, 5.41) is 19.7. The van der Waals surface area contributed by atoms with E-state index in [1.54, 1.807) is 0 Å². The second-order valence-corrected chi connectivity index (χ2v) is 11.4. The van der Waals surface area contributed by atoms with Gasteiger partial charge >= 0.3 is 0 Å². The van der Waals surface area contributed by atoms with Crippen molar-refractivity contribution in [2.45, 2.75) is 109 Å². The molecule has 0 bridgehead atoms. The molecule has 186 valence electrons. The molecule has 2 heteroatoms. The van der Waals surface area contributed by atoms with Crippen LogP contribution >= 0.6 is 0 Å². The highest BCUT2D eigenvalue weighted by Crippen LogP contribution is 2.48. The van der Waals surface area contributed by atoms with E-state index in [0.717, 1.165) is 30.6 Å². The Balaban J connectivity index is 1.28. The molecular formula is C32H46O2. The molecule has 4 rings (SSSR count). The Morgan fingerprint density at radius 1 is 0.588 bits per heavy atom. The fourth-order valence-electron chi connectivity index (χ4n) is 6.90. The molecule has 0 radical (unpaired) electrons. The molecule has 34 heavy (non-hydrogen) atoms. The van der Waals surface area contributed by atoms with Gasteiger partial charge in [0.25, 0.3) is 0 Å². The molecule has 0 aliphatic heterocycles. The van der Waals surface area contributed by atoms with Crippen molar-refractivity contribution in [2.24, 2.45) is 17.8 Å². The van der Waals surface area contributed by atoms with E-state index in [0.29, 0.717) is 11.5 Å². The number of phenolic OH excluding ortho intramolecular Hbond substituents is 2. The van der Waals surface area contributed by atoms with Gasteiger partial charge in [0.1, 0.15) is 11.5 Å². The molecule has 2 fully saturated rings. The van der Waals surface area contributed by atoms with Crippen LogP contribution in [0.2, 0.25) is 0 Å². The van der Waals surface area contributed by atoms with Gasteiger partial charge in [-0.2, -0.15) is 0 Å². The summed E-state index contributed by atoms with van der Waals surface area (Å²) >= 11 is 0. The van der Waals surface area contributed by atoms with E-state index >= 15 is 0 Å². The molecule has 0 amide bonds. The lowest BCUT2D eigenvalue weighted by Gasteiger charge is -2.42. The number of hydrogen-bond donors (Lipinski definition) is 2. The van der Waals surface area contributed by atoms with Crippen molar-refractivity contribution >= 4 is 0 Å². The summed E-state index contributed by atoms with van der Waals surface area (Å²) in [4.78, 5) is 0. The summed E-state index contributed by atoms with van der Waals surface area (Å²) in [7, 11) is 0. The van der Waals surface area contributed by atoms with Gasteiger partial charge in [0.2, 0.25) is 0 Å². The van der Waals surface area contributed by atoms with Crippen molar-refractivity contribution in [1.29, 1.82) is 0 Å². The molecular weight excluding hydrogens is 416 g/mol. The first-order valence-corrected chi connectivity index (χ1v) is 14.2. The monoisotopic (exact) mass is 462 g/mol. The van der Waals surface area contributed by atoms with Crippen LogP contribution in [0.3, 0.4) is 0 Å². The zero-order chi connectivity index (χ0) is 23.8. The Labute approximate surface area is 207 Å². The maximum atomic E-state index is 9.83. The maximum Gasteiger partial charge on any atom is 0.115 e. The third kappa shape index (κ3) is 6.37. The Kier molecular flexibility index (Phi) is 8.98. The Bertz CT molecular complexity index is 790. The van der Waals surface area contributed by atoms with Crippen LogP contribution in [0.25, 0.3) is 0 Å². The quantitative estimate of drug-likeness (QED) is 0.346.